The van der Waals surface area contributed by atoms with Gasteiger partial charge in [0.2, 0.25) is 5.75 Å². The van der Waals surface area contributed by atoms with Crippen LogP contribution in [0.25, 0.3) is 0 Å². The average Bonchev–Trinajstić information content (AvgIpc) is 2.26. The van der Waals surface area contributed by atoms with Gasteiger partial charge in [0, 0.05) is 10.8 Å². The van der Waals surface area contributed by atoms with Crippen LogP contribution < -0.4 is 10.3 Å². The molecule has 0 aliphatic carbocycles. The summed E-state index contributed by atoms with van der Waals surface area (Å²) in [6.07, 6.45) is 3.20. The lowest BCUT2D eigenvalue weighted by Gasteiger charge is -2.01. The summed E-state index contributed by atoms with van der Waals surface area (Å²) in [5, 5.41) is 1.25. The molecule has 15 heavy (non-hydrogen) atoms. The summed E-state index contributed by atoms with van der Waals surface area (Å²) in [6.45, 7) is 1.85. The number of methoxy groups -OCH3 is 1. The van der Waals surface area contributed by atoms with Gasteiger partial charge in [-0.1, -0.05) is 29.4 Å². The van der Waals surface area contributed by atoms with E-state index in [1.807, 2.05) is 6.92 Å². The maximum atomic E-state index is 11.3. The van der Waals surface area contributed by atoms with Crippen molar-refractivity contribution >= 4 is 23.4 Å². The summed E-state index contributed by atoms with van der Waals surface area (Å²) in [5.74, 6) is 0.796. The van der Waals surface area contributed by atoms with E-state index >= 15 is 0 Å². The maximum absolute atomic E-state index is 11.3. The number of nitrogens with zero attached hydrogens (tertiary/aromatic N) is 1. The second-order valence-electron chi connectivity index (χ2n) is 2.61. The van der Waals surface area contributed by atoms with Crippen molar-refractivity contribution in [2.75, 3.05) is 12.9 Å². The van der Waals surface area contributed by atoms with Crippen molar-refractivity contribution in [2.45, 2.75) is 12.1 Å². The van der Waals surface area contributed by atoms with Crippen LogP contribution in [0.15, 0.2) is 27.3 Å². The molecular weight excluding hydrogens is 236 g/mol. The minimum atomic E-state index is -0.286. The molecule has 1 aromatic heterocycles. The molecule has 0 amide bonds. The zero-order valence-corrected chi connectivity index (χ0v) is 9.98. The minimum Gasteiger partial charge on any atom is -0.490 e. The van der Waals surface area contributed by atoms with Crippen LogP contribution in [0.3, 0.4) is 0 Å². The van der Waals surface area contributed by atoms with E-state index in [4.69, 9.17) is 16.3 Å². The zero-order valence-electron chi connectivity index (χ0n) is 8.41. The van der Waals surface area contributed by atoms with Crippen molar-refractivity contribution in [3.63, 3.8) is 0 Å². The van der Waals surface area contributed by atoms with E-state index in [0.717, 1.165) is 5.03 Å². The van der Waals surface area contributed by atoms with Gasteiger partial charge in [0.15, 0.2) is 5.16 Å². The van der Waals surface area contributed by atoms with Gasteiger partial charge in [-0.25, -0.2) is 4.98 Å². The average molecular weight is 247 g/mol. The summed E-state index contributed by atoms with van der Waals surface area (Å²) in [5.41, 5.74) is -0.286. The van der Waals surface area contributed by atoms with Crippen LogP contribution in [-0.2, 0) is 0 Å². The largest absolute Gasteiger partial charge is 0.490 e. The van der Waals surface area contributed by atoms with Crippen molar-refractivity contribution in [1.29, 1.82) is 0 Å². The van der Waals surface area contributed by atoms with E-state index in [-0.39, 0.29) is 11.3 Å². The molecule has 0 aliphatic heterocycles. The van der Waals surface area contributed by atoms with Gasteiger partial charge in [-0.2, -0.15) is 0 Å². The summed E-state index contributed by atoms with van der Waals surface area (Å²) in [6, 6.07) is 0. The number of nitrogens with one attached hydrogen (secondary N) is 1. The van der Waals surface area contributed by atoms with Gasteiger partial charge in [0.25, 0.3) is 5.56 Å². The number of H-pyrrole nitrogens is 1. The Kier molecular flexibility index (Phi) is 4.71. The number of thioether (sulfide) groups is 1. The molecule has 0 saturated carbocycles. The second-order valence-corrected chi connectivity index (χ2v) is 4.06. The van der Waals surface area contributed by atoms with E-state index in [1.54, 1.807) is 6.08 Å². The molecule has 1 heterocycles. The smallest absolute Gasteiger partial charge is 0.293 e. The maximum Gasteiger partial charge on any atom is 0.293 e. The predicted molar refractivity (Wildman–Crippen MR) is 61.7 cm³/mol. The number of aromatic nitrogens is 2. The van der Waals surface area contributed by atoms with E-state index < -0.39 is 0 Å². The highest BCUT2D eigenvalue weighted by molar-refractivity contribution is 7.99. The second kappa shape index (κ2) is 5.82. The van der Waals surface area contributed by atoms with Crippen LogP contribution in [0, 0.1) is 0 Å². The van der Waals surface area contributed by atoms with Crippen LogP contribution >= 0.6 is 23.4 Å². The van der Waals surface area contributed by atoms with Crippen molar-refractivity contribution in [2.24, 2.45) is 0 Å². The standard InChI is InChI=1S/C9H11ClN2O2S/c1-3-6(10)5-15-9-11-4-7(14-2)8(13)12-9/h3-4H,5H2,1-2H3,(H,11,12,13). The van der Waals surface area contributed by atoms with Crippen LogP contribution in [0.5, 0.6) is 5.75 Å². The molecule has 0 atom stereocenters. The normalized spacial score (nSPS) is 11.5. The quantitative estimate of drug-likeness (QED) is 0.652. The van der Waals surface area contributed by atoms with Crippen LogP contribution in [0.4, 0.5) is 0 Å². The van der Waals surface area contributed by atoms with E-state index in [2.05, 4.69) is 9.97 Å². The molecule has 0 radical (unpaired) electrons. The number of aromatic amines is 1. The van der Waals surface area contributed by atoms with Gasteiger partial charge in [-0.05, 0) is 6.92 Å². The highest BCUT2D eigenvalue weighted by Gasteiger charge is 2.03. The fourth-order valence-electron chi connectivity index (χ4n) is 0.806. The Morgan fingerprint density at radius 2 is 2.53 bits per heavy atom. The molecule has 1 N–H and O–H groups in total. The van der Waals surface area contributed by atoms with Gasteiger partial charge < -0.3 is 4.74 Å². The van der Waals surface area contributed by atoms with E-state index in [0.29, 0.717) is 10.9 Å². The SMILES string of the molecule is CC=C(Cl)CSc1ncc(OC)c(=O)[nH]1. The van der Waals surface area contributed by atoms with Crippen LogP contribution in [0.1, 0.15) is 6.92 Å². The minimum absolute atomic E-state index is 0.205. The number of halogens is 1. The summed E-state index contributed by atoms with van der Waals surface area (Å²) in [7, 11) is 1.43. The lowest BCUT2D eigenvalue weighted by molar-refractivity contribution is 0.404. The number of hydrogen-bond donors (Lipinski definition) is 1. The van der Waals surface area contributed by atoms with E-state index in [9.17, 15) is 4.79 Å². The highest BCUT2D eigenvalue weighted by atomic mass is 35.5. The number of allylic oxidation sites excluding steroid dienone is 1. The summed E-state index contributed by atoms with van der Waals surface area (Å²) >= 11 is 7.17. The Morgan fingerprint density at radius 1 is 1.80 bits per heavy atom. The highest BCUT2D eigenvalue weighted by Crippen LogP contribution is 2.17. The molecule has 0 saturated heterocycles. The van der Waals surface area contributed by atoms with Gasteiger partial charge in [-0.3, -0.25) is 9.78 Å². The third-order valence-corrected chi connectivity index (χ3v) is 3.07. The Morgan fingerprint density at radius 3 is 3.07 bits per heavy atom. The molecule has 0 bridgehead atoms. The predicted octanol–water partition coefficient (Wildman–Crippen LogP) is 2.01. The first-order valence-corrected chi connectivity index (χ1v) is 5.60. The number of hydrogen-bond acceptors (Lipinski definition) is 4. The summed E-state index contributed by atoms with van der Waals surface area (Å²) < 4.78 is 4.79. The Labute approximate surface area is 96.7 Å². The molecule has 82 valence electrons. The summed E-state index contributed by atoms with van der Waals surface area (Å²) in [4.78, 5) is 17.9. The lowest BCUT2D eigenvalue weighted by Crippen LogP contribution is -2.10. The molecule has 1 aromatic rings. The third kappa shape index (κ3) is 3.60. The van der Waals surface area contributed by atoms with E-state index in [1.165, 1.54) is 25.1 Å². The van der Waals surface area contributed by atoms with Gasteiger partial charge >= 0.3 is 0 Å². The fourth-order valence-corrected chi connectivity index (χ4v) is 1.70. The molecule has 0 aliphatic rings. The van der Waals surface area contributed by atoms with Gasteiger partial charge in [-0.15, -0.1) is 0 Å². The topological polar surface area (TPSA) is 55.0 Å². The Bertz CT molecular complexity index is 417. The van der Waals surface area contributed by atoms with Gasteiger partial charge in [0.05, 0.1) is 13.3 Å². The van der Waals surface area contributed by atoms with Crippen LogP contribution in [0.2, 0.25) is 0 Å². The van der Waals surface area contributed by atoms with Crippen LogP contribution in [-0.4, -0.2) is 22.8 Å². The third-order valence-electron chi connectivity index (χ3n) is 1.62. The van der Waals surface area contributed by atoms with Gasteiger partial charge in [0.1, 0.15) is 0 Å². The molecule has 0 spiro atoms. The molecule has 6 heteroatoms. The first kappa shape index (κ1) is 12.1. The molecule has 1 rings (SSSR count). The Hall–Kier alpha value is -0.940. The molecular formula is C9H11ClN2O2S. The van der Waals surface area contributed by atoms with Crippen molar-refractivity contribution < 1.29 is 4.74 Å². The Balaban J connectivity index is 2.72. The van der Waals surface area contributed by atoms with Crippen molar-refractivity contribution in [3.8, 4) is 5.75 Å². The number of rotatable bonds is 4. The van der Waals surface area contributed by atoms with Crippen molar-refractivity contribution in [3.05, 3.63) is 27.7 Å². The lowest BCUT2D eigenvalue weighted by atomic mass is 10.6. The van der Waals surface area contributed by atoms with Crippen molar-refractivity contribution in [1.82, 2.24) is 9.97 Å². The molecule has 4 nitrogen and oxygen atoms in total. The molecule has 0 aromatic carbocycles. The first-order valence-electron chi connectivity index (χ1n) is 4.24. The first-order chi connectivity index (χ1) is 7.17. The molecule has 0 fully saturated rings. The zero-order chi connectivity index (χ0) is 11.3. The number of ether oxygens (including phenoxy) is 1. The molecule has 0 unspecified atom stereocenters. The monoisotopic (exact) mass is 246 g/mol. The fraction of sp³-hybridized carbons (Fsp3) is 0.333.